The maximum atomic E-state index is 11.8. The predicted octanol–water partition coefficient (Wildman–Crippen LogP) is 3.17. The van der Waals surface area contributed by atoms with Crippen molar-refractivity contribution < 1.29 is 9.53 Å². The number of hydrogen-bond acceptors (Lipinski definition) is 2. The van der Waals surface area contributed by atoms with Crippen molar-refractivity contribution in [3.63, 3.8) is 0 Å². The van der Waals surface area contributed by atoms with Crippen LogP contribution in [0.15, 0.2) is 54.6 Å². The molecular formula is C16H15NO2. The van der Waals surface area contributed by atoms with Gasteiger partial charge in [-0.05, 0) is 29.8 Å². The first-order valence-corrected chi connectivity index (χ1v) is 6.30. The van der Waals surface area contributed by atoms with E-state index in [-0.39, 0.29) is 11.9 Å². The molecule has 0 bridgehead atoms. The summed E-state index contributed by atoms with van der Waals surface area (Å²) in [4.78, 5) is 13.7. The van der Waals surface area contributed by atoms with Crippen LogP contribution in [0, 0.1) is 0 Å². The predicted molar refractivity (Wildman–Crippen MR) is 74.3 cm³/mol. The minimum absolute atomic E-state index is 0.140. The average molecular weight is 253 g/mol. The fraction of sp³-hybridized carbons (Fsp3) is 0.188. The molecule has 1 fully saturated rings. The molecule has 1 atom stereocenters. The molecule has 0 radical (unpaired) electrons. The Labute approximate surface area is 112 Å². The summed E-state index contributed by atoms with van der Waals surface area (Å²) in [6, 6.07) is 17.8. The SMILES string of the molecule is COc1ccc([C@@H]2CC(=O)N2c2ccccc2)cc1. The lowest BCUT2D eigenvalue weighted by Gasteiger charge is -2.40. The van der Waals surface area contributed by atoms with E-state index in [0.717, 1.165) is 17.0 Å². The Morgan fingerprint density at radius 1 is 1.05 bits per heavy atom. The number of amides is 1. The highest BCUT2D eigenvalue weighted by Crippen LogP contribution is 2.38. The van der Waals surface area contributed by atoms with Crippen molar-refractivity contribution in [3.05, 3.63) is 60.2 Å². The Bertz CT molecular complexity index is 577. The first-order chi connectivity index (χ1) is 9.29. The van der Waals surface area contributed by atoms with Gasteiger partial charge in [0.1, 0.15) is 5.75 Å². The molecule has 96 valence electrons. The van der Waals surface area contributed by atoms with Crippen LogP contribution < -0.4 is 9.64 Å². The smallest absolute Gasteiger partial charge is 0.230 e. The van der Waals surface area contributed by atoms with Crippen LogP contribution in [0.4, 0.5) is 5.69 Å². The van der Waals surface area contributed by atoms with E-state index < -0.39 is 0 Å². The summed E-state index contributed by atoms with van der Waals surface area (Å²) in [5, 5.41) is 0. The molecule has 0 unspecified atom stereocenters. The van der Waals surface area contributed by atoms with Crippen molar-refractivity contribution in [3.8, 4) is 5.75 Å². The molecule has 1 amide bonds. The number of benzene rings is 2. The van der Waals surface area contributed by atoms with Gasteiger partial charge in [-0.15, -0.1) is 0 Å². The molecule has 0 aliphatic carbocycles. The number of para-hydroxylation sites is 1. The Kier molecular flexibility index (Phi) is 2.95. The third-order valence-electron chi connectivity index (χ3n) is 3.48. The maximum Gasteiger partial charge on any atom is 0.230 e. The molecule has 3 nitrogen and oxygen atoms in total. The molecule has 19 heavy (non-hydrogen) atoms. The number of rotatable bonds is 3. The highest BCUT2D eigenvalue weighted by atomic mass is 16.5. The van der Waals surface area contributed by atoms with Gasteiger partial charge in [0.15, 0.2) is 0 Å². The summed E-state index contributed by atoms with van der Waals surface area (Å²) < 4.78 is 5.15. The summed E-state index contributed by atoms with van der Waals surface area (Å²) in [5.41, 5.74) is 2.10. The van der Waals surface area contributed by atoms with E-state index in [2.05, 4.69) is 0 Å². The highest BCUT2D eigenvalue weighted by Gasteiger charge is 2.37. The van der Waals surface area contributed by atoms with Gasteiger partial charge in [-0.3, -0.25) is 4.79 Å². The first kappa shape index (κ1) is 11.8. The van der Waals surface area contributed by atoms with Gasteiger partial charge in [0.25, 0.3) is 0 Å². The third kappa shape index (κ3) is 2.08. The van der Waals surface area contributed by atoms with E-state index >= 15 is 0 Å². The lowest BCUT2D eigenvalue weighted by atomic mass is 9.93. The summed E-state index contributed by atoms with van der Waals surface area (Å²) in [7, 11) is 1.65. The number of carbonyl (C=O) groups is 1. The normalized spacial score (nSPS) is 18.1. The van der Waals surface area contributed by atoms with Crippen molar-refractivity contribution in [1.29, 1.82) is 0 Å². The molecule has 0 N–H and O–H groups in total. The summed E-state index contributed by atoms with van der Waals surface area (Å²) >= 11 is 0. The van der Waals surface area contributed by atoms with Crippen LogP contribution in [-0.2, 0) is 4.79 Å². The van der Waals surface area contributed by atoms with E-state index in [1.165, 1.54) is 0 Å². The largest absolute Gasteiger partial charge is 0.497 e. The fourth-order valence-electron chi connectivity index (χ4n) is 2.42. The molecule has 0 spiro atoms. The van der Waals surface area contributed by atoms with E-state index in [9.17, 15) is 4.79 Å². The lowest BCUT2D eigenvalue weighted by molar-refractivity contribution is -0.124. The summed E-state index contributed by atoms with van der Waals surface area (Å²) in [6.07, 6.45) is 0.571. The van der Waals surface area contributed by atoms with Crippen LogP contribution in [0.2, 0.25) is 0 Å². The number of β-lactam (4-membered cyclic amide) rings is 1. The molecular weight excluding hydrogens is 238 g/mol. The third-order valence-corrected chi connectivity index (χ3v) is 3.48. The number of hydrogen-bond donors (Lipinski definition) is 0. The Balaban J connectivity index is 1.87. The second kappa shape index (κ2) is 4.76. The van der Waals surface area contributed by atoms with Crippen LogP contribution >= 0.6 is 0 Å². The minimum Gasteiger partial charge on any atom is -0.497 e. The van der Waals surface area contributed by atoms with E-state index in [4.69, 9.17) is 4.74 Å². The first-order valence-electron chi connectivity index (χ1n) is 6.30. The van der Waals surface area contributed by atoms with Gasteiger partial charge in [0.2, 0.25) is 5.91 Å². The molecule has 2 aromatic rings. The molecule has 0 saturated carbocycles. The number of anilines is 1. The zero-order chi connectivity index (χ0) is 13.2. The summed E-state index contributed by atoms with van der Waals surface area (Å²) in [5.74, 6) is 1.01. The van der Waals surface area contributed by atoms with Crippen LogP contribution in [-0.4, -0.2) is 13.0 Å². The van der Waals surface area contributed by atoms with Gasteiger partial charge in [0, 0.05) is 5.69 Å². The Morgan fingerprint density at radius 3 is 2.32 bits per heavy atom. The van der Waals surface area contributed by atoms with Crippen LogP contribution in [0.5, 0.6) is 5.75 Å². The number of ether oxygens (including phenoxy) is 1. The second-order valence-electron chi connectivity index (χ2n) is 4.59. The lowest BCUT2D eigenvalue weighted by Crippen LogP contribution is -2.46. The van der Waals surface area contributed by atoms with Gasteiger partial charge in [0.05, 0.1) is 19.6 Å². The van der Waals surface area contributed by atoms with Gasteiger partial charge in [-0.1, -0.05) is 30.3 Å². The molecule has 1 heterocycles. The van der Waals surface area contributed by atoms with Gasteiger partial charge in [-0.2, -0.15) is 0 Å². The number of methoxy groups -OCH3 is 1. The topological polar surface area (TPSA) is 29.5 Å². The number of nitrogens with zero attached hydrogens (tertiary/aromatic N) is 1. The Hall–Kier alpha value is -2.29. The van der Waals surface area contributed by atoms with Crippen molar-refractivity contribution in [1.82, 2.24) is 0 Å². The molecule has 1 aliphatic heterocycles. The standard InChI is InChI=1S/C16H15NO2/c1-19-14-9-7-12(8-10-14)15-11-16(18)17(15)13-5-3-2-4-6-13/h2-10,15H,11H2,1H3/t15-/m0/s1. The zero-order valence-corrected chi connectivity index (χ0v) is 10.7. The van der Waals surface area contributed by atoms with Crippen molar-refractivity contribution in [2.45, 2.75) is 12.5 Å². The zero-order valence-electron chi connectivity index (χ0n) is 10.7. The highest BCUT2D eigenvalue weighted by molar-refractivity contribution is 6.01. The maximum absolute atomic E-state index is 11.8. The molecule has 3 heteroatoms. The average Bonchev–Trinajstić information content (AvgIpc) is 2.46. The van der Waals surface area contributed by atoms with Gasteiger partial charge < -0.3 is 9.64 Å². The van der Waals surface area contributed by atoms with E-state index in [0.29, 0.717) is 6.42 Å². The minimum atomic E-state index is 0.140. The molecule has 0 aromatic heterocycles. The Morgan fingerprint density at radius 2 is 1.74 bits per heavy atom. The van der Waals surface area contributed by atoms with E-state index in [1.807, 2.05) is 59.5 Å². The van der Waals surface area contributed by atoms with Gasteiger partial charge in [-0.25, -0.2) is 0 Å². The van der Waals surface area contributed by atoms with Crippen molar-refractivity contribution in [2.24, 2.45) is 0 Å². The molecule has 2 aromatic carbocycles. The summed E-state index contributed by atoms with van der Waals surface area (Å²) in [6.45, 7) is 0. The molecule has 1 saturated heterocycles. The van der Waals surface area contributed by atoms with Crippen molar-refractivity contribution in [2.75, 3.05) is 12.0 Å². The second-order valence-corrected chi connectivity index (χ2v) is 4.59. The monoisotopic (exact) mass is 253 g/mol. The molecule has 3 rings (SSSR count). The van der Waals surface area contributed by atoms with Crippen molar-refractivity contribution >= 4 is 11.6 Å². The van der Waals surface area contributed by atoms with E-state index in [1.54, 1.807) is 7.11 Å². The van der Waals surface area contributed by atoms with Crippen LogP contribution in [0.1, 0.15) is 18.0 Å². The number of carbonyl (C=O) groups excluding carboxylic acids is 1. The van der Waals surface area contributed by atoms with Crippen LogP contribution in [0.25, 0.3) is 0 Å². The fourth-order valence-corrected chi connectivity index (χ4v) is 2.42. The quantitative estimate of drug-likeness (QED) is 0.786. The van der Waals surface area contributed by atoms with Gasteiger partial charge >= 0.3 is 0 Å². The van der Waals surface area contributed by atoms with Crippen LogP contribution in [0.3, 0.4) is 0 Å². The molecule has 1 aliphatic rings.